The Bertz CT molecular complexity index is 841. The summed E-state index contributed by atoms with van der Waals surface area (Å²) in [5.41, 5.74) is 1.54. The Morgan fingerprint density at radius 1 is 1.19 bits per heavy atom. The van der Waals surface area contributed by atoms with E-state index in [4.69, 9.17) is 4.74 Å². The maximum Gasteiger partial charge on any atom is 0.265 e. The third-order valence-corrected chi connectivity index (χ3v) is 4.10. The van der Waals surface area contributed by atoms with Gasteiger partial charge in [0.05, 0.1) is 12.2 Å². The number of hydrogen-bond acceptors (Lipinski definition) is 3. The van der Waals surface area contributed by atoms with Crippen LogP contribution in [0.3, 0.4) is 0 Å². The predicted molar refractivity (Wildman–Crippen MR) is 97.6 cm³/mol. The number of hydrogen-bond donors (Lipinski definition) is 1. The van der Waals surface area contributed by atoms with Gasteiger partial charge in [0.25, 0.3) is 5.91 Å². The van der Waals surface area contributed by atoms with E-state index in [-0.39, 0.29) is 24.2 Å². The molecule has 0 bridgehead atoms. The van der Waals surface area contributed by atoms with Gasteiger partial charge in [-0.25, -0.2) is 4.39 Å². The van der Waals surface area contributed by atoms with Gasteiger partial charge >= 0.3 is 0 Å². The number of carbonyl (C=O) groups excluding carboxylic acids is 2. The van der Waals surface area contributed by atoms with Gasteiger partial charge in [-0.3, -0.25) is 9.59 Å². The third kappa shape index (κ3) is 3.85. The highest BCUT2D eigenvalue weighted by Gasteiger charge is 2.27. The average molecular weight is 356 g/mol. The summed E-state index contributed by atoms with van der Waals surface area (Å²) in [4.78, 5) is 26.0. The topological polar surface area (TPSA) is 58.6 Å². The summed E-state index contributed by atoms with van der Waals surface area (Å²) in [7, 11) is 0. The van der Waals surface area contributed by atoms with E-state index in [0.29, 0.717) is 23.7 Å². The van der Waals surface area contributed by atoms with Gasteiger partial charge in [0, 0.05) is 17.2 Å². The van der Waals surface area contributed by atoms with Gasteiger partial charge in [0.15, 0.2) is 6.61 Å². The Labute approximate surface area is 151 Å². The average Bonchev–Trinajstić information content (AvgIpc) is 2.58. The molecule has 0 aromatic heterocycles. The predicted octanol–water partition coefficient (Wildman–Crippen LogP) is 3.74. The minimum absolute atomic E-state index is 0.0785. The first kappa shape index (κ1) is 17.9. The van der Waals surface area contributed by atoms with Crippen molar-refractivity contribution in [3.63, 3.8) is 0 Å². The Kier molecular flexibility index (Phi) is 4.68. The molecule has 3 rings (SSSR count). The minimum atomic E-state index is -0.513. The number of nitrogens with zero attached hydrogens (tertiary/aromatic N) is 1. The fourth-order valence-electron chi connectivity index (χ4n) is 2.55. The van der Waals surface area contributed by atoms with Gasteiger partial charge in [-0.2, -0.15) is 0 Å². The zero-order chi connectivity index (χ0) is 18.9. The van der Waals surface area contributed by atoms with Crippen LogP contribution in [-0.2, 0) is 16.1 Å². The molecule has 1 aliphatic heterocycles. The van der Waals surface area contributed by atoms with Crippen LogP contribution in [0, 0.1) is 11.2 Å². The highest BCUT2D eigenvalue weighted by molar-refractivity contribution is 5.99. The van der Waals surface area contributed by atoms with E-state index in [9.17, 15) is 14.0 Å². The van der Waals surface area contributed by atoms with Crippen LogP contribution in [0.25, 0.3) is 0 Å². The number of carbonyl (C=O) groups is 2. The Morgan fingerprint density at radius 3 is 2.54 bits per heavy atom. The van der Waals surface area contributed by atoms with Gasteiger partial charge in [0.1, 0.15) is 11.6 Å². The van der Waals surface area contributed by atoms with Crippen molar-refractivity contribution in [2.24, 2.45) is 5.41 Å². The van der Waals surface area contributed by atoms with Crippen LogP contribution in [0.5, 0.6) is 5.75 Å². The van der Waals surface area contributed by atoms with E-state index in [2.05, 4.69) is 5.32 Å². The van der Waals surface area contributed by atoms with Crippen molar-refractivity contribution in [3.05, 3.63) is 53.8 Å². The molecule has 1 heterocycles. The van der Waals surface area contributed by atoms with E-state index in [1.54, 1.807) is 35.2 Å². The number of benzene rings is 2. The van der Waals surface area contributed by atoms with Gasteiger partial charge in [-0.05, 0) is 29.8 Å². The van der Waals surface area contributed by atoms with Crippen molar-refractivity contribution in [1.29, 1.82) is 0 Å². The molecule has 0 aliphatic carbocycles. The number of rotatable bonds is 3. The van der Waals surface area contributed by atoms with Gasteiger partial charge in [-0.15, -0.1) is 0 Å². The quantitative estimate of drug-likeness (QED) is 0.911. The lowest BCUT2D eigenvalue weighted by Crippen LogP contribution is -2.38. The maximum atomic E-state index is 13.1. The molecule has 136 valence electrons. The van der Waals surface area contributed by atoms with Crippen LogP contribution < -0.4 is 15.0 Å². The van der Waals surface area contributed by atoms with Crippen molar-refractivity contribution < 1.29 is 18.7 Å². The van der Waals surface area contributed by atoms with Crippen LogP contribution in [0.4, 0.5) is 15.8 Å². The molecule has 1 aliphatic rings. The fraction of sp³-hybridized carbons (Fsp3) is 0.300. The molecule has 0 saturated carbocycles. The largest absolute Gasteiger partial charge is 0.481 e. The number of anilines is 2. The highest BCUT2D eigenvalue weighted by atomic mass is 19.1. The molecule has 0 spiro atoms. The SMILES string of the molecule is CC(C)(C)C(=O)Nc1ccc2c(c1)OCC(=O)N2Cc1ccc(F)cc1. The maximum absolute atomic E-state index is 13.1. The molecule has 0 unspecified atom stereocenters. The summed E-state index contributed by atoms with van der Waals surface area (Å²) in [6, 6.07) is 11.2. The molecule has 0 saturated heterocycles. The van der Waals surface area contributed by atoms with E-state index < -0.39 is 5.41 Å². The molecule has 2 amide bonds. The zero-order valence-corrected chi connectivity index (χ0v) is 15.0. The van der Waals surface area contributed by atoms with Crippen LogP contribution >= 0.6 is 0 Å². The van der Waals surface area contributed by atoms with Crippen LogP contribution in [0.1, 0.15) is 26.3 Å². The lowest BCUT2D eigenvalue weighted by atomic mass is 9.95. The third-order valence-electron chi connectivity index (χ3n) is 4.10. The Morgan fingerprint density at radius 2 is 1.88 bits per heavy atom. The number of fused-ring (bicyclic) bond motifs is 1. The van der Waals surface area contributed by atoms with Gasteiger partial charge < -0.3 is 15.0 Å². The molecule has 0 radical (unpaired) electrons. The first-order valence-electron chi connectivity index (χ1n) is 8.37. The number of halogens is 1. The summed E-state index contributed by atoms with van der Waals surface area (Å²) < 4.78 is 18.6. The Balaban J connectivity index is 1.84. The minimum Gasteiger partial charge on any atom is -0.481 e. The summed E-state index contributed by atoms with van der Waals surface area (Å²) in [6.07, 6.45) is 0. The van der Waals surface area contributed by atoms with Crippen LogP contribution in [0.15, 0.2) is 42.5 Å². The molecule has 5 nitrogen and oxygen atoms in total. The number of amides is 2. The molecule has 0 atom stereocenters. The number of ether oxygens (including phenoxy) is 1. The molecule has 26 heavy (non-hydrogen) atoms. The van der Waals surface area contributed by atoms with E-state index >= 15 is 0 Å². The Hall–Kier alpha value is -2.89. The van der Waals surface area contributed by atoms with Crippen molar-refractivity contribution in [3.8, 4) is 5.75 Å². The summed E-state index contributed by atoms with van der Waals surface area (Å²) in [6.45, 7) is 5.75. The first-order chi connectivity index (χ1) is 12.2. The monoisotopic (exact) mass is 356 g/mol. The van der Waals surface area contributed by atoms with Crippen LogP contribution in [0.2, 0.25) is 0 Å². The second-order valence-electron chi connectivity index (χ2n) is 7.28. The van der Waals surface area contributed by atoms with Crippen molar-refractivity contribution in [1.82, 2.24) is 0 Å². The molecule has 6 heteroatoms. The fourth-order valence-corrected chi connectivity index (χ4v) is 2.55. The number of nitrogens with one attached hydrogen (secondary N) is 1. The molecular formula is C20H21FN2O3. The molecule has 2 aromatic carbocycles. The van der Waals surface area contributed by atoms with Crippen molar-refractivity contribution >= 4 is 23.2 Å². The zero-order valence-electron chi connectivity index (χ0n) is 15.0. The lowest BCUT2D eigenvalue weighted by molar-refractivity contribution is -0.123. The highest BCUT2D eigenvalue weighted by Crippen LogP contribution is 2.35. The smallest absolute Gasteiger partial charge is 0.265 e. The molecular weight excluding hydrogens is 335 g/mol. The lowest BCUT2D eigenvalue weighted by Gasteiger charge is -2.30. The van der Waals surface area contributed by atoms with Gasteiger partial charge in [-0.1, -0.05) is 32.9 Å². The van der Waals surface area contributed by atoms with Crippen molar-refractivity contribution in [2.45, 2.75) is 27.3 Å². The standard InChI is InChI=1S/C20H21FN2O3/c1-20(2,3)19(25)22-15-8-9-16-17(10-15)26-12-18(24)23(16)11-13-4-6-14(21)7-5-13/h4-10H,11-12H2,1-3H3,(H,22,25). The molecule has 1 N–H and O–H groups in total. The first-order valence-corrected chi connectivity index (χ1v) is 8.37. The van der Waals surface area contributed by atoms with Crippen molar-refractivity contribution in [2.75, 3.05) is 16.8 Å². The van der Waals surface area contributed by atoms with E-state index in [1.165, 1.54) is 12.1 Å². The second-order valence-corrected chi connectivity index (χ2v) is 7.28. The van der Waals surface area contributed by atoms with E-state index in [0.717, 1.165) is 5.56 Å². The van der Waals surface area contributed by atoms with Crippen LogP contribution in [-0.4, -0.2) is 18.4 Å². The summed E-state index contributed by atoms with van der Waals surface area (Å²) in [5.74, 6) is -0.0686. The molecule has 2 aromatic rings. The second kappa shape index (κ2) is 6.78. The molecule has 0 fully saturated rings. The summed E-state index contributed by atoms with van der Waals surface area (Å²) >= 11 is 0. The normalized spacial score (nSPS) is 13.8. The van der Waals surface area contributed by atoms with E-state index in [1.807, 2.05) is 20.8 Å². The summed E-state index contributed by atoms with van der Waals surface area (Å²) in [5, 5.41) is 2.85. The van der Waals surface area contributed by atoms with Gasteiger partial charge in [0.2, 0.25) is 5.91 Å².